The van der Waals surface area contributed by atoms with E-state index in [-0.39, 0.29) is 29.8 Å². The third-order valence-electron chi connectivity index (χ3n) is 3.32. The lowest BCUT2D eigenvalue weighted by molar-refractivity contribution is -0.115. The van der Waals surface area contributed by atoms with Gasteiger partial charge in [-0.3, -0.25) is 4.79 Å². The first kappa shape index (κ1) is 17.7. The average Bonchev–Trinajstić information content (AvgIpc) is 2.45. The standard InChI is InChI=1S/C15H24N2O3S/c1-3-12(2)11-21(19,20)8-7-15(18)17-14-6-4-5-13(9-14)10-16/h4-6,9,12H,3,7-8,10-11,16H2,1-2H3,(H,17,18). The number of benzene rings is 1. The first-order chi connectivity index (χ1) is 9.86. The summed E-state index contributed by atoms with van der Waals surface area (Å²) in [6, 6.07) is 7.21. The van der Waals surface area contributed by atoms with E-state index in [0.29, 0.717) is 12.2 Å². The van der Waals surface area contributed by atoms with Gasteiger partial charge >= 0.3 is 0 Å². The lowest BCUT2D eigenvalue weighted by Crippen LogP contribution is -2.21. The fourth-order valence-electron chi connectivity index (χ4n) is 1.88. The van der Waals surface area contributed by atoms with Crippen molar-refractivity contribution in [2.75, 3.05) is 16.8 Å². The van der Waals surface area contributed by atoms with Crippen molar-refractivity contribution in [3.05, 3.63) is 29.8 Å². The molecule has 0 saturated carbocycles. The molecule has 0 fully saturated rings. The summed E-state index contributed by atoms with van der Waals surface area (Å²) in [4.78, 5) is 11.8. The monoisotopic (exact) mass is 312 g/mol. The Morgan fingerprint density at radius 1 is 1.38 bits per heavy atom. The van der Waals surface area contributed by atoms with E-state index >= 15 is 0 Å². The Hall–Kier alpha value is -1.40. The molecule has 5 nitrogen and oxygen atoms in total. The number of hydrogen-bond donors (Lipinski definition) is 2. The predicted octanol–water partition coefficient (Wildman–Crippen LogP) is 1.93. The topological polar surface area (TPSA) is 89.3 Å². The van der Waals surface area contributed by atoms with Gasteiger partial charge in [-0.2, -0.15) is 0 Å². The normalized spacial score (nSPS) is 12.9. The summed E-state index contributed by atoms with van der Waals surface area (Å²) >= 11 is 0. The van der Waals surface area contributed by atoms with Gasteiger partial charge in [-0.15, -0.1) is 0 Å². The predicted molar refractivity (Wildman–Crippen MR) is 85.7 cm³/mol. The minimum atomic E-state index is -3.17. The van der Waals surface area contributed by atoms with Crippen molar-refractivity contribution in [3.8, 4) is 0 Å². The first-order valence-electron chi connectivity index (χ1n) is 7.15. The van der Waals surface area contributed by atoms with Crippen LogP contribution in [-0.2, 0) is 21.2 Å². The van der Waals surface area contributed by atoms with Crippen molar-refractivity contribution in [2.24, 2.45) is 11.7 Å². The number of amides is 1. The highest BCUT2D eigenvalue weighted by Gasteiger charge is 2.16. The van der Waals surface area contributed by atoms with Crippen LogP contribution >= 0.6 is 0 Å². The summed E-state index contributed by atoms with van der Waals surface area (Å²) in [6.07, 6.45) is 0.795. The van der Waals surface area contributed by atoms with Gasteiger partial charge in [0.15, 0.2) is 9.84 Å². The zero-order chi connectivity index (χ0) is 15.9. The summed E-state index contributed by atoms with van der Waals surface area (Å²) in [7, 11) is -3.17. The van der Waals surface area contributed by atoms with Crippen LogP contribution < -0.4 is 11.1 Å². The lowest BCUT2D eigenvalue weighted by Gasteiger charge is -2.10. The molecule has 0 aliphatic carbocycles. The molecular formula is C15H24N2O3S. The van der Waals surface area contributed by atoms with E-state index in [2.05, 4.69) is 5.32 Å². The molecule has 118 valence electrons. The highest BCUT2D eigenvalue weighted by atomic mass is 32.2. The molecule has 1 amide bonds. The van der Waals surface area contributed by atoms with E-state index in [1.54, 1.807) is 18.2 Å². The largest absolute Gasteiger partial charge is 0.326 e. The second-order valence-electron chi connectivity index (χ2n) is 5.33. The van der Waals surface area contributed by atoms with Gasteiger partial charge in [0.25, 0.3) is 0 Å². The van der Waals surface area contributed by atoms with E-state index in [9.17, 15) is 13.2 Å². The molecule has 21 heavy (non-hydrogen) atoms. The SMILES string of the molecule is CCC(C)CS(=O)(=O)CCC(=O)Nc1cccc(CN)c1. The Balaban J connectivity index is 2.50. The van der Waals surface area contributed by atoms with Crippen molar-refractivity contribution in [1.82, 2.24) is 0 Å². The molecule has 1 rings (SSSR count). The third-order valence-corrected chi connectivity index (χ3v) is 5.22. The Morgan fingerprint density at radius 2 is 2.10 bits per heavy atom. The lowest BCUT2D eigenvalue weighted by atomic mass is 10.2. The van der Waals surface area contributed by atoms with Crippen molar-refractivity contribution in [3.63, 3.8) is 0 Å². The van der Waals surface area contributed by atoms with Crippen LogP contribution in [0.1, 0.15) is 32.3 Å². The number of carbonyl (C=O) groups is 1. The number of sulfone groups is 1. The fraction of sp³-hybridized carbons (Fsp3) is 0.533. The number of nitrogens with one attached hydrogen (secondary N) is 1. The van der Waals surface area contributed by atoms with E-state index in [1.807, 2.05) is 19.9 Å². The second kappa shape index (κ2) is 8.14. The molecule has 0 heterocycles. The summed E-state index contributed by atoms with van der Waals surface area (Å²) < 4.78 is 23.7. The number of rotatable bonds is 8. The molecule has 6 heteroatoms. The van der Waals surface area contributed by atoms with Crippen LogP contribution in [0.4, 0.5) is 5.69 Å². The molecule has 0 saturated heterocycles. The maximum Gasteiger partial charge on any atom is 0.225 e. The van der Waals surface area contributed by atoms with Gasteiger partial charge in [-0.05, 0) is 23.6 Å². The molecule has 1 unspecified atom stereocenters. The van der Waals surface area contributed by atoms with Gasteiger partial charge in [0.1, 0.15) is 0 Å². The minimum Gasteiger partial charge on any atom is -0.326 e. The molecular weight excluding hydrogens is 288 g/mol. The van der Waals surface area contributed by atoms with Crippen molar-refractivity contribution in [1.29, 1.82) is 0 Å². The quantitative estimate of drug-likeness (QED) is 0.767. The Labute approximate surface area is 126 Å². The van der Waals surface area contributed by atoms with Gasteiger partial charge in [-0.1, -0.05) is 32.4 Å². The van der Waals surface area contributed by atoms with E-state index in [4.69, 9.17) is 5.73 Å². The highest BCUT2D eigenvalue weighted by Crippen LogP contribution is 2.11. The third kappa shape index (κ3) is 6.73. The Morgan fingerprint density at radius 3 is 2.71 bits per heavy atom. The van der Waals surface area contributed by atoms with Crippen LogP contribution in [0.15, 0.2) is 24.3 Å². The van der Waals surface area contributed by atoms with Crippen LogP contribution in [0.5, 0.6) is 0 Å². The number of nitrogens with two attached hydrogens (primary N) is 1. The van der Waals surface area contributed by atoms with Gasteiger partial charge in [0.2, 0.25) is 5.91 Å². The summed E-state index contributed by atoms with van der Waals surface area (Å²) in [5.41, 5.74) is 7.09. The fourth-order valence-corrected chi connectivity index (χ4v) is 3.65. The average molecular weight is 312 g/mol. The maximum absolute atomic E-state index is 11.9. The van der Waals surface area contributed by atoms with Crippen LogP contribution in [0.25, 0.3) is 0 Å². The van der Waals surface area contributed by atoms with Crippen molar-refractivity contribution in [2.45, 2.75) is 33.2 Å². The van der Waals surface area contributed by atoms with E-state index in [0.717, 1.165) is 12.0 Å². The van der Waals surface area contributed by atoms with Crippen LogP contribution in [-0.4, -0.2) is 25.8 Å². The minimum absolute atomic E-state index is 0.0222. The van der Waals surface area contributed by atoms with Crippen molar-refractivity contribution >= 4 is 21.4 Å². The van der Waals surface area contributed by atoms with E-state index < -0.39 is 9.84 Å². The maximum atomic E-state index is 11.9. The van der Waals surface area contributed by atoms with Crippen molar-refractivity contribution < 1.29 is 13.2 Å². The molecule has 0 aliphatic heterocycles. The number of carbonyl (C=O) groups excluding carboxylic acids is 1. The molecule has 0 aromatic heterocycles. The van der Waals surface area contributed by atoms with E-state index in [1.165, 1.54) is 0 Å². The second-order valence-corrected chi connectivity index (χ2v) is 7.56. The molecule has 1 aromatic carbocycles. The molecule has 0 aliphatic rings. The zero-order valence-corrected chi connectivity index (χ0v) is 13.4. The van der Waals surface area contributed by atoms with Gasteiger partial charge in [0, 0.05) is 18.7 Å². The van der Waals surface area contributed by atoms with Crippen LogP contribution in [0.2, 0.25) is 0 Å². The van der Waals surface area contributed by atoms with Crippen LogP contribution in [0, 0.1) is 5.92 Å². The Kier molecular flexibility index (Phi) is 6.84. The first-order valence-corrected chi connectivity index (χ1v) is 8.97. The smallest absolute Gasteiger partial charge is 0.225 e. The van der Waals surface area contributed by atoms with Crippen LogP contribution in [0.3, 0.4) is 0 Å². The molecule has 0 bridgehead atoms. The molecule has 0 spiro atoms. The Bertz CT molecular complexity index is 570. The molecule has 1 atom stereocenters. The summed E-state index contributed by atoms with van der Waals surface area (Å²) in [5, 5.41) is 2.70. The molecule has 1 aromatic rings. The summed E-state index contributed by atoms with van der Waals surface area (Å²) in [6.45, 7) is 4.25. The zero-order valence-electron chi connectivity index (χ0n) is 12.6. The number of anilines is 1. The molecule has 0 radical (unpaired) electrons. The summed E-state index contributed by atoms with van der Waals surface area (Å²) in [5.74, 6) is -0.143. The van der Waals surface area contributed by atoms with Gasteiger partial charge in [-0.25, -0.2) is 8.42 Å². The van der Waals surface area contributed by atoms with Gasteiger partial charge in [0.05, 0.1) is 11.5 Å². The van der Waals surface area contributed by atoms with Gasteiger partial charge < -0.3 is 11.1 Å². The molecule has 3 N–H and O–H groups in total. The highest BCUT2D eigenvalue weighted by molar-refractivity contribution is 7.91. The number of hydrogen-bond acceptors (Lipinski definition) is 4.